The third-order valence-electron chi connectivity index (χ3n) is 3.08. The molecule has 0 amide bonds. The Labute approximate surface area is 108 Å². The molecule has 0 aromatic carbocycles. The van der Waals surface area contributed by atoms with Crippen molar-refractivity contribution in [2.75, 3.05) is 20.1 Å². The largest absolute Gasteiger partial charge is 0.444 e. The summed E-state index contributed by atoms with van der Waals surface area (Å²) in [6.07, 6.45) is 3.09. The molecule has 0 saturated carbocycles. The summed E-state index contributed by atoms with van der Waals surface area (Å²) >= 11 is 0. The van der Waals surface area contributed by atoms with E-state index in [2.05, 4.69) is 34.2 Å². The summed E-state index contributed by atoms with van der Waals surface area (Å²) in [6.45, 7) is 6.74. The van der Waals surface area contributed by atoms with Crippen molar-refractivity contribution < 1.29 is 4.42 Å². The number of oxazole rings is 1. The smallest absolute Gasteiger partial charge is 0.194 e. The number of hydrogen-bond donors (Lipinski definition) is 1. The average molecular weight is 250 g/mol. The molecule has 100 valence electrons. The molecule has 0 bridgehead atoms. The number of aryl methyl sites for hydroxylation is 2. The van der Waals surface area contributed by atoms with E-state index >= 15 is 0 Å². The predicted octanol–water partition coefficient (Wildman–Crippen LogP) is 1.72. The summed E-state index contributed by atoms with van der Waals surface area (Å²) in [5.74, 6) is 2.71. The van der Waals surface area contributed by atoms with Gasteiger partial charge in [0.1, 0.15) is 5.76 Å². The Kier molecular flexibility index (Phi) is 4.23. The quantitative estimate of drug-likeness (QED) is 0.884. The second kappa shape index (κ2) is 5.89. The third kappa shape index (κ3) is 3.03. The molecule has 1 aliphatic heterocycles. The van der Waals surface area contributed by atoms with Gasteiger partial charge in [-0.1, -0.05) is 6.92 Å². The number of aromatic nitrogens is 1. The third-order valence-corrected chi connectivity index (χ3v) is 3.08. The van der Waals surface area contributed by atoms with E-state index in [9.17, 15) is 0 Å². The highest BCUT2D eigenvalue weighted by Gasteiger charge is 2.13. The molecule has 1 aliphatic rings. The topological polar surface area (TPSA) is 53.7 Å². The van der Waals surface area contributed by atoms with Crippen molar-refractivity contribution in [1.82, 2.24) is 15.2 Å². The average Bonchev–Trinajstić information content (AvgIpc) is 2.69. The Morgan fingerprint density at radius 2 is 2.28 bits per heavy atom. The Bertz CT molecular complexity index is 425. The van der Waals surface area contributed by atoms with Crippen molar-refractivity contribution >= 4 is 5.96 Å². The van der Waals surface area contributed by atoms with Crippen molar-refractivity contribution in [3.8, 4) is 0 Å². The lowest BCUT2D eigenvalue weighted by atomic mass is 10.3. The molecule has 18 heavy (non-hydrogen) atoms. The van der Waals surface area contributed by atoms with E-state index in [4.69, 9.17) is 4.42 Å². The fraction of sp³-hybridized carbons (Fsp3) is 0.692. The van der Waals surface area contributed by atoms with Gasteiger partial charge in [-0.3, -0.25) is 4.99 Å². The zero-order chi connectivity index (χ0) is 13.0. The predicted molar refractivity (Wildman–Crippen MR) is 71.6 cm³/mol. The van der Waals surface area contributed by atoms with Gasteiger partial charge in [-0.25, -0.2) is 4.98 Å². The van der Waals surface area contributed by atoms with Crippen LogP contribution in [0.25, 0.3) is 0 Å². The molecule has 0 spiro atoms. The number of guanidine groups is 1. The first-order valence-corrected chi connectivity index (χ1v) is 6.65. The monoisotopic (exact) mass is 250 g/mol. The summed E-state index contributed by atoms with van der Waals surface area (Å²) in [5.41, 5.74) is 0.977. The highest BCUT2D eigenvalue weighted by atomic mass is 16.4. The molecule has 1 N–H and O–H groups in total. The standard InChI is InChI=1S/C13H22N4O/c1-4-6-12-16-10(2)11(18-12)9-15-13-14-7-5-8-17(13)3/h4-9H2,1-3H3,(H,14,15). The zero-order valence-electron chi connectivity index (χ0n) is 11.5. The fourth-order valence-electron chi connectivity index (χ4n) is 2.04. The van der Waals surface area contributed by atoms with Crippen LogP contribution in [0.4, 0.5) is 0 Å². The lowest BCUT2D eigenvalue weighted by molar-refractivity contribution is 0.423. The number of rotatable bonds is 4. The lowest BCUT2D eigenvalue weighted by Crippen LogP contribution is -2.41. The molecule has 0 unspecified atom stereocenters. The summed E-state index contributed by atoms with van der Waals surface area (Å²) in [5, 5.41) is 3.33. The van der Waals surface area contributed by atoms with Crippen LogP contribution in [0.5, 0.6) is 0 Å². The van der Waals surface area contributed by atoms with E-state index in [1.54, 1.807) is 0 Å². The molecule has 0 aliphatic carbocycles. The molecule has 0 fully saturated rings. The van der Waals surface area contributed by atoms with Gasteiger partial charge >= 0.3 is 0 Å². The van der Waals surface area contributed by atoms with Gasteiger partial charge in [0.15, 0.2) is 11.9 Å². The summed E-state index contributed by atoms with van der Waals surface area (Å²) in [6, 6.07) is 0. The maximum Gasteiger partial charge on any atom is 0.194 e. The Morgan fingerprint density at radius 1 is 1.44 bits per heavy atom. The molecular formula is C13H22N4O. The first kappa shape index (κ1) is 12.9. The van der Waals surface area contributed by atoms with E-state index in [0.29, 0.717) is 6.54 Å². The minimum Gasteiger partial charge on any atom is -0.444 e. The van der Waals surface area contributed by atoms with Gasteiger partial charge in [0, 0.05) is 26.6 Å². The van der Waals surface area contributed by atoms with Gasteiger partial charge < -0.3 is 14.6 Å². The second-order valence-electron chi connectivity index (χ2n) is 4.70. The maximum atomic E-state index is 5.73. The molecule has 1 aromatic rings. The van der Waals surface area contributed by atoms with E-state index < -0.39 is 0 Å². The SMILES string of the molecule is CCCc1nc(C)c(CNC2=NCCCN2C)o1. The van der Waals surface area contributed by atoms with E-state index in [-0.39, 0.29) is 0 Å². The van der Waals surface area contributed by atoms with Crippen LogP contribution in [-0.4, -0.2) is 36.0 Å². The first-order valence-electron chi connectivity index (χ1n) is 6.65. The van der Waals surface area contributed by atoms with Crippen molar-refractivity contribution in [2.45, 2.75) is 39.7 Å². The van der Waals surface area contributed by atoms with Crippen molar-refractivity contribution in [3.63, 3.8) is 0 Å². The van der Waals surface area contributed by atoms with Crippen LogP contribution in [0.3, 0.4) is 0 Å². The van der Waals surface area contributed by atoms with Crippen LogP contribution in [0, 0.1) is 6.92 Å². The van der Waals surface area contributed by atoms with Crippen LogP contribution in [0.2, 0.25) is 0 Å². The lowest BCUT2D eigenvalue weighted by Gasteiger charge is -2.25. The van der Waals surface area contributed by atoms with E-state index in [1.165, 1.54) is 0 Å². The van der Waals surface area contributed by atoms with Crippen LogP contribution in [-0.2, 0) is 13.0 Å². The van der Waals surface area contributed by atoms with Gasteiger partial charge in [-0.15, -0.1) is 0 Å². The first-order chi connectivity index (χ1) is 8.70. The van der Waals surface area contributed by atoms with Crippen molar-refractivity contribution in [2.24, 2.45) is 4.99 Å². The second-order valence-corrected chi connectivity index (χ2v) is 4.70. The zero-order valence-corrected chi connectivity index (χ0v) is 11.5. The molecule has 0 atom stereocenters. The van der Waals surface area contributed by atoms with Gasteiger partial charge in [0.2, 0.25) is 0 Å². The Morgan fingerprint density at radius 3 is 3.00 bits per heavy atom. The van der Waals surface area contributed by atoms with Crippen LogP contribution < -0.4 is 5.32 Å². The normalized spacial score (nSPS) is 15.7. The Hall–Kier alpha value is -1.52. The van der Waals surface area contributed by atoms with E-state index in [1.807, 2.05) is 6.92 Å². The number of nitrogens with zero attached hydrogens (tertiary/aromatic N) is 3. The number of aliphatic imine (C=N–C) groups is 1. The molecule has 5 nitrogen and oxygen atoms in total. The van der Waals surface area contributed by atoms with Crippen molar-refractivity contribution in [3.05, 3.63) is 17.3 Å². The van der Waals surface area contributed by atoms with Crippen molar-refractivity contribution in [1.29, 1.82) is 0 Å². The maximum absolute atomic E-state index is 5.73. The highest BCUT2D eigenvalue weighted by molar-refractivity contribution is 5.80. The van der Waals surface area contributed by atoms with Gasteiger partial charge in [-0.05, 0) is 19.8 Å². The molecule has 0 saturated heterocycles. The van der Waals surface area contributed by atoms with Crippen LogP contribution >= 0.6 is 0 Å². The van der Waals surface area contributed by atoms with Crippen LogP contribution in [0.1, 0.15) is 37.1 Å². The minimum absolute atomic E-state index is 0.658. The Balaban J connectivity index is 1.95. The molecule has 1 aromatic heterocycles. The highest BCUT2D eigenvalue weighted by Crippen LogP contribution is 2.11. The van der Waals surface area contributed by atoms with Gasteiger partial charge in [0.05, 0.1) is 12.2 Å². The number of nitrogens with one attached hydrogen (secondary N) is 1. The molecule has 0 radical (unpaired) electrons. The summed E-state index contributed by atoms with van der Waals surface area (Å²) in [7, 11) is 2.06. The number of hydrogen-bond acceptors (Lipinski definition) is 5. The van der Waals surface area contributed by atoms with Crippen LogP contribution in [0.15, 0.2) is 9.41 Å². The molecule has 2 heterocycles. The fourth-order valence-corrected chi connectivity index (χ4v) is 2.04. The minimum atomic E-state index is 0.658. The van der Waals surface area contributed by atoms with Gasteiger partial charge in [-0.2, -0.15) is 0 Å². The summed E-state index contributed by atoms with van der Waals surface area (Å²) < 4.78 is 5.73. The molecular weight excluding hydrogens is 228 g/mol. The molecule has 5 heteroatoms. The summed E-state index contributed by atoms with van der Waals surface area (Å²) in [4.78, 5) is 11.0. The van der Waals surface area contributed by atoms with E-state index in [0.717, 1.165) is 55.7 Å². The molecule has 2 rings (SSSR count). The van der Waals surface area contributed by atoms with Gasteiger partial charge in [0.25, 0.3) is 0 Å².